The molecule has 5 nitrogen and oxygen atoms in total. The number of benzene rings is 2. The largest absolute Gasteiger partial charge is 0.497 e. The molecule has 0 spiro atoms. The van der Waals surface area contributed by atoms with Crippen LogP contribution in [0, 0.1) is 29.5 Å². The summed E-state index contributed by atoms with van der Waals surface area (Å²) in [7, 11) is 1.67. The predicted molar refractivity (Wildman–Crippen MR) is 135 cm³/mol. The number of carbonyl (C=O) groups is 1. The highest BCUT2D eigenvalue weighted by Gasteiger charge is 2.30. The first-order chi connectivity index (χ1) is 17.0. The molecule has 0 saturated carbocycles. The Bertz CT molecular complexity index is 1230. The Hall–Kier alpha value is -3.43. The molecule has 3 aromatic rings. The normalized spacial score (nSPS) is 18.1. The minimum Gasteiger partial charge on any atom is -0.497 e. The summed E-state index contributed by atoms with van der Waals surface area (Å²) in [5.41, 5.74) is 2.86. The third-order valence-corrected chi connectivity index (χ3v) is 6.83. The molecule has 2 heterocycles. The number of carboxylic acid groups (broad SMARTS) is 1. The first-order valence-electron chi connectivity index (χ1n) is 12.1. The summed E-state index contributed by atoms with van der Waals surface area (Å²) < 4.78 is 18.7. The minimum absolute atomic E-state index is 0.103. The maximum absolute atomic E-state index is 13.3. The van der Waals surface area contributed by atoms with Crippen LogP contribution in [0.15, 0.2) is 54.7 Å². The lowest BCUT2D eigenvalue weighted by molar-refractivity contribution is -0.139. The van der Waals surface area contributed by atoms with Gasteiger partial charge in [-0.05, 0) is 92.1 Å². The Morgan fingerprint density at radius 3 is 2.91 bits per heavy atom. The van der Waals surface area contributed by atoms with Gasteiger partial charge in [0.15, 0.2) is 0 Å². The summed E-state index contributed by atoms with van der Waals surface area (Å²) in [6, 6.07) is 14.3. The minimum atomic E-state index is -0.750. The number of aliphatic carboxylic acids is 1. The summed E-state index contributed by atoms with van der Waals surface area (Å²) in [6.45, 7) is 2.18. The van der Waals surface area contributed by atoms with Crippen LogP contribution < -0.4 is 4.74 Å². The maximum Gasteiger partial charge on any atom is 0.303 e. The van der Waals surface area contributed by atoms with E-state index in [4.69, 9.17) is 4.74 Å². The third kappa shape index (κ3) is 6.80. The van der Waals surface area contributed by atoms with E-state index in [1.807, 2.05) is 24.4 Å². The van der Waals surface area contributed by atoms with Crippen molar-refractivity contribution in [1.29, 1.82) is 0 Å². The van der Waals surface area contributed by atoms with Gasteiger partial charge in [0.1, 0.15) is 11.6 Å². The number of likely N-dealkylation sites (tertiary alicyclic amines) is 1. The predicted octanol–water partition coefficient (Wildman–Crippen LogP) is 5.17. The van der Waals surface area contributed by atoms with Crippen LogP contribution in [0.25, 0.3) is 10.9 Å². The van der Waals surface area contributed by atoms with Crippen LogP contribution in [-0.4, -0.2) is 47.7 Å². The number of pyridine rings is 1. The fraction of sp³-hybridized carbons (Fsp3) is 0.379. The zero-order valence-electron chi connectivity index (χ0n) is 20.0. The van der Waals surface area contributed by atoms with Crippen LogP contribution in [0.3, 0.4) is 0 Å². The molecule has 1 saturated heterocycles. The molecule has 4 rings (SSSR count). The summed E-state index contributed by atoms with van der Waals surface area (Å²) in [4.78, 5) is 18.2. The molecule has 0 unspecified atom stereocenters. The molecule has 0 aliphatic carbocycles. The van der Waals surface area contributed by atoms with E-state index < -0.39 is 5.97 Å². The van der Waals surface area contributed by atoms with Crippen LogP contribution in [0.4, 0.5) is 4.39 Å². The van der Waals surface area contributed by atoms with Crippen LogP contribution in [0.5, 0.6) is 5.75 Å². The zero-order chi connectivity index (χ0) is 24.6. The molecule has 1 N–H and O–H groups in total. The maximum atomic E-state index is 13.3. The third-order valence-electron chi connectivity index (χ3n) is 6.83. The first-order valence-corrected chi connectivity index (χ1v) is 12.1. The Balaban J connectivity index is 1.35. The van der Waals surface area contributed by atoms with Gasteiger partial charge in [0.25, 0.3) is 0 Å². The summed E-state index contributed by atoms with van der Waals surface area (Å²) in [6.07, 6.45) is 5.90. The number of hydrogen-bond donors (Lipinski definition) is 1. The number of fused-ring (bicyclic) bond motifs is 1. The first kappa shape index (κ1) is 24.7. The van der Waals surface area contributed by atoms with E-state index in [2.05, 4.69) is 27.8 Å². The van der Waals surface area contributed by atoms with Gasteiger partial charge in [-0.15, -0.1) is 0 Å². The van der Waals surface area contributed by atoms with E-state index in [0.717, 1.165) is 55.4 Å². The van der Waals surface area contributed by atoms with Gasteiger partial charge in [-0.25, -0.2) is 4.39 Å². The molecule has 0 amide bonds. The molecule has 0 radical (unpaired) electrons. The topological polar surface area (TPSA) is 62.7 Å². The van der Waals surface area contributed by atoms with Crippen molar-refractivity contribution < 1.29 is 19.0 Å². The highest BCUT2D eigenvalue weighted by molar-refractivity contribution is 5.83. The zero-order valence-corrected chi connectivity index (χ0v) is 20.0. The second-order valence-electron chi connectivity index (χ2n) is 9.20. The Labute approximate surface area is 205 Å². The van der Waals surface area contributed by atoms with Gasteiger partial charge in [-0.1, -0.05) is 17.9 Å². The lowest BCUT2D eigenvalue weighted by Crippen LogP contribution is -2.41. The number of aromatic nitrogens is 1. The Morgan fingerprint density at radius 1 is 1.23 bits per heavy atom. The number of ether oxygens (including phenoxy) is 1. The lowest BCUT2D eigenvalue weighted by atomic mass is 9.80. The fourth-order valence-corrected chi connectivity index (χ4v) is 5.04. The molecule has 2 aromatic carbocycles. The van der Waals surface area contributed by atoms with Gasteiger partial charge in [0.2, 0.25) is 0 Å². The second kappa shape index (κ2) is 11.8. The average Bonchev–Trinajstić information content (AvgIpc) is 2.85. The molecule has 0 bridgehead atoms. The summed E-state index contributed by atoms with van der Waals surface area (Å²) in [5, 5.41) is 10.6. The number of hydrogen-bond acceptors (Lipinski definition) is 4. The van der Waals surface area contributed by atoms with Crippen molar-refractivity contribution in [1.82, 2.24) is 9.88 Å². The number of methoxy groups -OCH3 is 1. The molecule has 2 atom stereocenters. The summed E-state index contributed by atoms with van der Waals surface area (Å²) >= 11 is 0. The van der Waals surface area contributed by atoms with Crippen molar-refractivity contribution in [2.75, 3.05) is 26.7 Å². The number of nitrogens with zero attached hydrogens (tertiary/aromatic N) is 2. The number of aryl methyl sites for hydroxylation is 1. The van der Waals surface area contributed by atoms with E-state index in [9.17, 15) is 14.3 Å². The number of carboxylic acids is 1. The number of rotatable bonds is 8. The standard InChI is InChI=1S/C29H31FN2O3/c1-35-26-10-11-28-27(19-26)23(12-14-31-28)8-3-7-22-13-16-32(20-24(22)18-29(33)34)15-4-6-21-5-2-9-25(30)17-21/h2,5,9-12,14,17,19,22,24H,3,7-8,13,15-16,18,20H2,1H3,(H,33,34)/t22-,24+/m1/s1. The van der Waals surface area contributed by atoms with Gasteiger partial charge in [-0.3, -0.25) is 14.7 Å². The van der Waals surface area contributed by atoms with E-state index in [-0.39, 0.29) is 18.2 Å². The van der Waals surface area contributed by atoms with Crippen LogP contribution in [0.2, 0.25) is 0 Å². The molecule has 182 valence electrons. The van der Waals surface area contributed by atoms with Gasteiger partial charge < -0.3 is 9.84 Å². The second-order valence-corrected chi connectivity index (χ2v) is 9.20. The van der Waals surface area contributed by atoms with Crippen LogP contribution >= 0.6 is 0 Å². The molecule has 35 heavy (non-hydrogen) atoms. The molecule has 1 aliphatic rings. The van der Waals surface area contributed by atoms with Crippen LogP contribution in [0.1, 0.15) is 36.8 Å². The molecule has 1 aliphatic heterocycles. The van der Waals surface area contributed by atoms with Crippen molar-refractivity contribution in [3.63, 3.8) is 0 Å². The van der Waals surface area contributed by atoms with Gasteiger partial charge in [0.05, 0.1) is 19.2 Å². The van der Waals surface area contributed by atoms with Crippen molar-refractivity contribution in [2.24, 2.45) is 11.8 Å². The van der Waals surface area contributed by atoms with Gasteiger partial charge in [-0.2, -0.15) is 0 Å². The van der Waals surface area contributed by atoms with Crippen LogP contribution in [-0.2, 0) is 11.2 Å². The SMILES string of the molecule is COc1ccc2nccc(CCC[C@@H]3CCN(CC#Cc4cccc(F)c4)C[C@@H]3CC(=O)O)c2c1. The highest BCUT2D eigenvalue weighted by Crippen LogP contribution is 2.31. The Kier molecular flexibility index (Phi) is 8.33. The average molecular weight is 475 g/mol. The van der Waals surface area contributed by atoms with E-state index >= 15 is 0 Å². The molecule has 6 heteroatoms. The molecular formula is C29H31FN2O3. The quantitative estimate of drug-likeness (QED) is 0.457. The van der Waals surface area contributed by atoms with Crippen molar-refractivity contribution in [3.05, 3.63) is 71.7 Å². The van der Waals surface area contributed by atoms with Crippen molar-refractivity contribution in [2.45, 2.75) is 32.1 Å². The van der Waals surface area contributed by atoms with Crippen molar-refractivity contribution in [3.8, 4) is 17.6 Å². The molecule has 1 fully saturated rings. The smallest absolute Gasteiger partial charge is 0.303 e. The lowest BCUT2D eigenvalue weighted by Gasteiger charge is -2.37. The summed E-state index contributed by atoms with van der Waals surface area (Å²) in [5.74, 6) is 6.39. The van der Waals surface area contributed by atoms with E-state index in [1.54, 1.807) is 19.2 Å². The van der Waals surface area contributed by atoms with Gasteiger partial charge >= 0.3 is 5.97 Å². The van der Waals surface area contributed by atoms with E-state index in [1.165, 1.54) is 17.7 Å². The number of halogens is 1. The van der Waals surface area contributed by atoms with E-state index in [0.29, 0.717) is 18.0 Å². The van der Waals surface area contributed by atoms with Crippen molar-refractivity contribution >= 4 is 16.9 Å². The van der Waals surface area contributed by atoms with Gasteiger partial charge in [0, 0.05) is 30.1 Å². The fourth-order valence-electron chi connectivity index (χ4n) is 5.04. The molecule has 1 aromatic heterocycles. The number of piperidine rings is 1. The molecular weight excluding hydrogens is 443 g/mol. The monoisotopic (exact) mass is 474 g/mol. The Morgan fingerprint density at radius 2 is 2.11 bits per heavy atom. The highest BCUT2D eigenvalue weighted by atomic mass is 19.1.